The maximum absolute atomic E-state index is 15.0. The minimum atomic E-state index is -0.587. The highest BCUT2D eigenvalue weighted by molar-refractivity contribution is 5.90. The third kappa shape index (κ3) is 4.07. The lowest BCUT2D eigenvalue weighted by molar-refractivity contribution is -0.119. The Labute approximate surface area is 187 Å². The van der Waals surface area contributed by atoms with E-state index in [9.17, 15) is 9.59 Å². The molecule has 33 heavy (non-hydrogen) atoms. The van der Waals surface area contributed by atoms with E-state index in [-0.39, 0.29) is 19.0 Å². The van der Waals surface area contributed by atoms with Crippen molar-refractivity contribution in [2.75, 3.05) is 18.0 Å². The number of hydrogen-bond donors (Lipinski definition) is 1. The smallest absolute Gasteiger partial charge is 0.414 e. The fourth-order valence-corrected chi connectivity index (χ4v) is 3.57. The molecule has 0 saturated carbocycles. The molecule has 166 valence electrons. The largest absolute Gasteiger partial charge is 0.442 e. The first-order chi connectivity index (χ1) is 16.0. The molecule has 4 aromatic rings. The van der Waals surface area contributed by atoms with Crippen LogP contribution in [0.5, 0.6) is 0 Å². The summed E-state index contributed by atoms with van der Waals surface area (Å²) in [7, 11) is 0. The highest BCUT2D eigenvalue weighted by Gasteiger charge is 2.32. The number of rotatable bonds is 5. The number of halogens is 1. The first-order valence-electron chi connectivity index (χ1n) is 10.1. The molecule has 0 bridgehead atoms. The minimum absolute atomic E-state index is 0.200. The van der Waals surface area contributed by atoms with Crippen LogP contribution in [0.4, 0.5) is 14.9 Å². The van der Waals surface area contributed by atoms with Crippen LogP contribution in [0, 0.1) is 5.82 Å². The lowest BCUT2D eigenvalue weighted by Gasteiger charge is -2.14. The summed E-state index contributed by atoms with van der Waals surface area (Å²) in [6, 6.07) is 4.50. The number of anilines is 1. The average Bonchev–Trinajstić information content (AvgIpc) is 3.40. The molecule has 3 aromatic heterocycles. The van der Waals surface area contributed by atoms with Gasteiger partial charge in [0.25, 0.3) is 0 Å². The number of nitrogens with one attached hydrogen (secondary N) is 1. The number of cyclic esters (lactones) is 1. The van der Waals surface area contributed by atoms with Crippen molar-refractivity contribution in [1.29, 1.82) is 0 Å². The first-order valence-corrected chi connectivity index (χ1v) is 10.1. The summed E-state index contributed by atoms with van der Waals surface area (Å²) in [6.07, 6.45) is 8.67. The van der Waals surface area contributed by atoms with E-state index in [0.29, 0.717) is 28.4 Å². The summed E-state index contributed by atoms with van der Waals surface area (Å²) in [6.45, 7) is 1.80. The third-order valence-corrected chi connectivity index (χ3v) is 5.15. The Balaban J connectivity index is 1.39. The summed E-state index contributed by atoms with van der Waals surface area (Å²) < 4.78 is 21.9. The molecule has 1 fully saturated rings. The van der Waals surface area contributed by atoms with E-state index < -0.39 is 18.0 Å². The van der Waals surface area contributed by atoms with Crippen molar-refractivity contribution in [3.05, 3.63) is 61.2 Å². The van der Waals surface area contributed by atoms with Crippen molar-refractivity contribution in [3.63, 3.8) is 0 Å². The second kappa shape index (κ2) is 8.26. The predicted molar refractivity (Wildman–Crippen MR) is 116 cm³/mol. The minimum Gasteiger partial charge on any atom is -0.442 e. The molecule has 1 unspecified atom stereocenters. The molecule has 1 N–H and O–H groups in total. The molecule has 1 aliphatic rings. The Bertz CT molecular complexity index is 1360. The lowest BCUT2D eigenvalue weighted by atomic mass is 10.2. The molecule has 5 rings (SSSR count). The quantitative estimate of drug-likeness (QED) is 0.500. The molecule has 0 spiro atoms. The van der Waals surface area contributed by atoms with Crippen LogP contribution in [0.25, 0.3) is 28.1 Å². The summed E-state index contributed by atoms with van der Waals surface area (Å²) in [5, 5.41) is 3.34. The monoisotopic (exact) mass is 447 g/mol. The van der Waals surface area contributed by atoms with Gasteiger partial charge in [0.15, 0.2) is 5.82 Å². The standard InChI is InChI=1S/C22H18FN7O3/c1-13(31)26-8-16-11-30(22(32)33-16)15-2-3-20(17(23)6-15)29-10-14-7-27-21(28-19(14)12-29)18-9-24-4-5-25-18/h2-7,9-10,12,16H,8,11H2,1H3,(H,26,31). The van der Waals surface area contributed by atoms with Crippen LogP contribution in [0.2, 0.25) is 0 Å². The molecule has 1 atom stereocenters. The topological polar surface area (TPSA) is 115 Å². The van der Waals surface area contributed by atoms with Gasteiger partial charge in [-0.05, 0) is 18.2 Å². The first kappa shape index (κ1) is 20.5. The van der Waals surface area contributed by atoms with Crippen molar-refractivity contribution in [3.8, 4) is 17.2 Å². The normalized spacial score (nSPS) is 15.6. The predicted octanol–water partition coefficient (Wildman–Crippen LogP) is 2.48. The summed E-state index contributed by atoms with van der Waals surface area (Å²) in [5.41, 5.74) is 1.82. The van der Waals surface area contributed by atoms with Gasteiger partial charge in [0, 0.05) is 43.3 Å². The zero-order chi connectivity index (χ0) is 22.9. The van der Waals surface area contributed by atoms with E-state index >= 15 is 4.39 Å². The molecular formula is C22H18FN7O3. The number of amides is 2. The number of benzene rings is 1. The van der Waals surface area contributed by atoms with Crippen molar-refractivity contribution in [1.82, 2.24) is 29.8 Å². The molecule has 4 heterocycles. The van der Waals surface area contributed by atoms with E-state index in [1.807, 2.05) is 0 Å². The fourth-order valence-electron chi connectivity index (χ4n) is 3.57. The second-order valence-corrected chi connectivity index (χ2v) is 7.48. The van der Waals surface area contributed by atoms with Crippen molar-refractivity contribution in [2.24, 2.45) is 0 Å². The number of carbonyl (C=O) groups excluding carboxylic acids is 2. The SMILES string of the molecule is CC(=O)NCC1CN(c2ccc(-n3cc4cnc(-c5cnccn5)nc4c3)c(F)c2)C(=O)O1. The number of aromatic nitrogens is 5. The molecule has 11 heteroatoms. The molecular weight excluding hydrogens is 429 g/mol. The summed E-state index contributed by atoms with van der Waals surface area (Å²) in [4.78, 5) is 41.6. The highest BCUT2D eigenvalue weighted by Crippen LogP contribution is 2.27. The molecule has 1 aliphatic heterocycles. The zero-order valence-electron chi connectivity index (χ0n) is 17.5. The lowest BCUT2D eigenvalue weighted by Crippen LogP contribution is -2.33. The molecule has 1 aromatic carbocycles. The summed E-state index contributed by atoms with van der Waals surface area (Å²) >= 11 is 0. The molecule has 1 saturated heterocycles. The Kier molecular flexibility index (Phi) is 5.13. The van der Waals surface area contributed by atoms with Crippen molar-refractivity contribution >= 4 is 28.6 Å². The number of ether oxygens (including phenoxy) is 1. The van der Waals surface area contributed by atoms with Crippen molar-refractivity contribution in [2.45, 2.75) is 13.0 Å². The van der Waals surface area contributed by atoms with Crippen LogP contribution in [0.3, 0.4) is 0 Å². The van der Waals surface area contributed by atoms with Gasteiger partial charge >= 0.3 is 6.09 Å². The Morgan fingerprint density at radius 3 is 2.88 bits per heavy atom. The second-order valence-electron chi connectivity index (χ2n) is 7.48. The third-order valence-electron chi connectivity index (χ3n) is 5.15. The number of hydrogen-bond acceptors (Lipinski definition) is 7. The van der Waals surface area contributed by atoms with Gasteiger partial charge < -0.3 is 14.6 Å². The van der Waals surface area contributed by atoms with E-state index in [1.165, 1.54) is 17.9 Å². The fraction of sp³-hybridized carbons (Fsp3) is 0.182. The van der Waals surface area contributed by atoms with Crippen molar-refractivity contribution < 1.29 is 18.7 Å². The van der Waals surface area contributed by atoms with E-state index in [2.05, 4.69) is 25.3 Å². The maximum atomic E-state index is 15.0. The number of carbonyl (C=O) groups is 2. The van der Waals surface area contributed by atoms with Crippen LogP contribution in [0.15, 0.2) is 55.4 Å². The van der Waals surface area contributed by atoms with Gasteiger partial charge in [-0.15, -0.1) is 0 Å². The molecule has 2 amide bonds. The highest BCUT2D eigenvalue weighted by atomic mass is 19.1. The van der Waals surface area contributed by atoms with Crippen LogP contribution < -0.4 is 10.2 Å². The number of nitrogens with zero attached hydrogens (tertiary/aromatic N) is 6. The Morgan fingerprint density at radius 1 is 1.24 bits per heavy atom. The van der Waals surface area contributed by atoms with E-state index in [1.54, 1.807) is 53.9 Å². The van der Waals surface area contributed by atoms with Gasteiger partial charge in [-0.25, -0.2) is 24.1 Å². The Morgan fingerprint density at radius 2 is 2.12 bits per heavy atom. The molecule has 0 aliphatic carbocycles. The van der Waals surface area contributed by atoms with E-state index in [4.69, 9.17) is 4.74 Å². The molecule has 10 nitrogen and oxygen atoms in total. The number of fused-ring (bicyclic) bond motifs is 1. The van der Waals surface area contributed by atoms with Crippen LogP contribution >= 0.6 is 0 Å². The molecule has 0 radical (unpaired) electrons. The average molecular weight is 447 g/mol. The van der Waals surface area contributed by atoms with Crippen LogP contribution in [-0.2, 0) is 9.53 Å². The zero-order valence-corrected chi connectivity index (χ0v) is 17.5. The van der Waals surface area contributed by atoms with E-state index in [0.717, 1.165) is 5.39 Å². The van der Waals surface area contributed by atoms with Gasteiger partial charge in [-0.2, -0.15) is 0 Å². The van der Waals surface area contributed by atoms with Gasteiger partial charge in [-0.3, -0.25) is 14.7 Å². The van der Waals surface area contributed by atoms with Gasteiger partial charge in [0.1, 0.15) is 17.6 Å². The van der Waals surface area contributed by atoms with Crippen LogP contribution in [-0.4, -0.2) is 55.7 Å². The van der Waals surface area contributed by atoms with Gasteiger partial charge in [0.05, 0.1) is 36.2 Å². The van der Waals surface area contributed by atoms with Gasteiger partial charge in [-0.1, -0.05) is 0 Å². The van der Waals surface area contributed by atoms with Gasteiger partial charge in [0.2, 0.25) is 5.91 Å². The Hall–Kier alpha value is -4.41. The summed E-state index contributed by atoms with van der Waals surface area (Å²) in [5.74, 6) is -0.314. The van der Waals surface area contributed by atoms with Crippen LogP contribution in [0.1, 0.15) is 6.92 Å². The maximum Gasteiger partial charge on any atom is 0.414 e.